The lowest BCUT2D eigenvalue weighted by molar-refractivity contribution is 0.140. The zero-order valence-corrected chi connectivity index (χ0v) is 9.45. The van der Waals surface area contributed by atoms with Gasteiger partial charge < -0.3 is 15.6 Å². The average molecular weight is 209 g/mol. The topological polar surface area (TPSA) is 68.8 Å². The van der Waals surface area contributed by atoms with Crippen molar-refractivity contribution in [3.05, 3.63) is 5.82 Å². The molecule has 1 aliphatic rings. The second-order valence-electron chi connectivity index (χ2n) is 4.48. The van der Waals surface area contributed by atoms with Crippen molar-refractivity contribution in [2.24, 2.45) is 18.2 Å². The summed E-state index contributed by atoms with van der Waals surface area (Å²) in [6, 6.07) is 0. The van der Waals surface area contributed by atoms with Gasteiger partial charge in [0.25, 0.3) is 0 Å². The minimum atomic E-state index is 0.297. The highest BCUT2D eigenvalue weighted by molar-refractivity contribution is 5.24. The molecule has 84 valence electrons. The summed E-state index contributed by atoms with van der Waals surface area (Å²) in [6.07, 6.45) is 4.71. The van der Waals surface area contributed by atoms with E-state index in [4.69, 9.17) is 5.73 Å². The van der Waals surface area contributed by atoms with Crippen molar-refractivity contribution in [1.82, 2.24) is 14.8 Å². The number of nitrogens with two attached hydrogens (primary N) is 1. The van der Waals surface area contributed by atoms with E-state index in [0.717, 1.165) is 24.7 Å². The number of hydrogen-bond donors (Lipinski definition) is 2. The zero-order chi connectivity index (χ0) is 10.9. The van der Waals surface area contributed by atoms with Crippen molar-refractivity contribution < 1.29 is 0 Å². The number of rotatable bonds is 4. The summed E-state index contributed by atoms with van der Waals surface area (Å²) in [5.74, 6) is 1.85. The fourth-order valence-electron chi connectivity index (χ4n) is 2.20. The smallest absolute Gasteiger partial charge is 0.224 e. The highest BCUT2D eigenvalue weighted by atomic mass is 15.3. The summed E-state index contributed by atoms with van der Waals surface area (Å²) in [5.41, 5.74) is 6.13. The fraction of sp³-hybridized carbons (Fsp3) is 0.800. The van der Waals surface area contributed by atoms with E-state index in [0.29, 0.717) is 5.41 Å². The Morgan fingerprint density at radius 2 is 2.20 bits per heavy atom. The number of anilines is 1. The first-order valence-corrected chi connectivity index (χ1v) is 5.47. The van der Waals surface area contributed by atoms with Gasteiger partial charge in [-0.25, -0.2) is 0 Å². The Morgan fingerprint density at radius 3 is 2.60 bits per heavy atom. The normalized spacial score (nSPS) is 18.6. The summed E-state index contributed by atoms with van der Waals surface area (Å²) in [5, 5.41) is 11.3. The second-order valence-corrected chi connectivity index (χ2v) is 4.48. The molecule has 1 aliphatic carbocycles. The Morgan fingerprint density at radius 1 is 1.47 bits per heavy atom. The van der Waals surface area contributed by atoms with Crippen molar-refractivity contribution in [1.29, 1.82) is 0 Å². The molecule has 15 heavy (non-hydrogen) atoms. The molecule has 0 radical (unpaired) electrons. The molecule has 0 atom stereocenters. The Kier molecular flexibility index (Phi) is 2.65. The maximum Gasteiger partial charge on any atom is 0.224 e. The first-order chi connectivity index (χ1) is 7.21. The number of hydrogen-bond acceptors (Lipinski definition) is 4. The zero-order valence-electron chi connectivity index (χ0n) is 9.45. The minimum Gasteiger partial charge on any atom is -0.357 e. The molecule has 1 heterocycles. The Hall–Kier alpha value is -1.10. The minimum absolute atomic E-state index is 0.297. The molecule has 1 saturated carbocycles. The predicted octanol–water partition coefficient (Wildman–Crippen LogP) is 0.528. The van der Waals surface area contributed by atoms with E-state index in [9.17, 15) is 0 Å². The molecule has 1 fully saturated rings. The Labute approximate surface area is 90.1 Å². The molecule has 5 nitrogen and oxygen atoms in total. The summed E-state index contributed by atoms with van der Waals surface area (Å²) in [7, 11) is 3.85. The average Bonchev–Trinajstić information content (AvgIpc) is 2.53. The van der Waals surface area contributed by atoms with Crippen LogP contribution in [0.3, 0.4) is 0 Å². The third-order valence-electron chi connectivity index (χ3n) is 3.57. The van der Waals surface area contributed by atoms with Gasteiger partial charge in [0.1, 0.15) is 5.82 Å². The van der Waals surface area contributed by atoms with Crippen molar-refractivity contribution in [2.45, 2.75) is 25.7 Å². The third kappa shape index (κ3) is 1.71. The summed E-state index contributed by atoms with van der Waals surface area (Å²) >= 11 is 0. The van der Waals surface area contributed by atoms with Gasteiger partial charge in [-0.15, -0.1) is 10.2 Å². The number of nitrogens with zero attached hydrogens (tertiary/aromatic N) is 3. The third-order valence-corrected chi connectivity index (χ3v) is 3.57. The standard InChI is InChI=1S/C10H19N5/c1-12-9-14-13-8(15(9)2)6-10(7-11)4-3-5-10/h3-7,11H2,1-2H3,(H,12,14). The van der Waals surface area contributed by atoms with E-state index in [1.54, 1.807) is 0 Å². The van der Waals surface area contributed by atoms with Crippen LogP contribution in [0.25, 0.3) is 0 Å². The van der Waals surface area contributed by atoms with Crippen molar-refractivity contribution in [3.8, 4) is 0 Å². The van der Waals surface area contributed by atoms with Gasteiger partial charge in [-0.2, -0.15) is 0 Å². The number of aromatic nitrogens is 3. The van der Waals surface area contributed by atoms with Gasteiger partial charge in [-0.05, 0) is 24.8 Å². The SMILES string of the molecule is CNc1nnc(CC2(CN)CCC2)n1C. The van der Waals surface area contributed by atoms with Crippen LogP contribution in [0.1, 0.15) is 25.1 Å². The molecule has 2 rings (SSSR count). The lowest BCUT2D eigenvalue weighted by Crippen LogP contribution is -2.39. The molecule has 1 aromatic rings. The number of nitrogens with one attached hydrogen (secondary N) is 1. The maximum absolute atomic E-state index is 5.83. The van der Waals surface area contributed by atoms with Gasteiger partial charge in [-0.1, -0.05) is 6.42 Å². The summed E-state index contributed by atoms with van der Waals surface area (Å²) in [6.45, 7) is 0.759. The van der Waals surface area contributed by atoms with Crippen LogP contribution in [0.15, 0.2) is 0 Å². The van der Waals surface area contributed by atoms with Crippen molar-refractivity contribution >= 4 is 5.95 Å². The van der Waals surface area contributed by atoms with E-state index in [1.165, 1.54) is 19.3 Å². The van der Waals surface area contributed by atoms with Crippen LogP contribution >= 0.6 is 0 Å². The van der Waals surface area contributed by atoms with Crippen LogP contribution in [0, 0.1) is 5.41 Å². The highest BCUT2D eigenvalue weighted by Gasteiger charge is 2.37. The molecule has 0 aliphatic heterocycles. The predicted molar refractivity (Wildman–Crippen MR) is 59.6 cm³/mol. The summed E-state index contributed by atoms with van der Waals surface area (Å²) < 4.78 is 2.01. The molecule has 0 bridgehead atoms. The lowest BCUT2D eigenvalue weighted by atomic mass is 9.66. The molecule has 5 heteroatoms. The van der Waals surface area contributed by atoms with Crippen LogP contribution in [-0.2, 0) is 13.5 Å². The molecule has 3 N–H and O–H groups in total. The quantitative estimate of drug-likeness (QED) is 0.759. The monoisotopic (exact) mass is 209 g/mol. The molecule has 0 spiro atoms. The van der Waals surface area contributed by atoms with Crippen LogP contribution < -0.4 is 11.1 Å². The molecule has 0 unspecified atom stereocenters. The van der Waals surface area contributed by atoms with Crippen molar-refractivity contribution in [2.75, 3.05) is 18.9 Å². The molecule has 0 amide bonds. The first kappa shape index (κ1) is 10.4. The summed E-state index contributed by atoms with van der Waals surface area (Å²) in [4.78, 5) is 0. The molecule has 1 aromatic heterocycles. The fourth-order valence-corrected chi connectivity index (χ4v) is 2.20. The first-order valence-electron chi connectivity index (χ1n) is 5.47. The molecule has 0 saturated heterocycles. The Balaban J connectivity index is 2.13. The van der Waals surface area contributed by atoms with Crippen LogP contribution in [0.4, 0.5) is 5.95 Å². The van der Waals surface area contributed by atoms with E-state index in [-0.39, 0.29) is 0 Å². The largest absolute Gasteiger partial charge is 0.357 e. The van der Waals surface area contributed by atoms with Gasteiger partial charge >= 0.3 is 0 Å². The van der Waals surface area contributed by atoms with Gasteiger partial charge in [0, 0.05) is 20.5 Å². The molecular formula is C10H19N5. The molecule has 0 aromatic carbocycles. The van der Waals surface area contributed by atoms with Crippen LogP contribution in [0.2, 0.25) is 0 Å². The van der Waals surface area contributed by atoms with Crippen LogP contribution in [0.5, 0.6) is 0 Å². The van der Waals surface area contributed by atoms with E-state index in [1.807, 2.05) is 18.7 Å². The van der Waals surface area contributed by atoms with Gasteiger partial charge in [0.2, 0.25) is 5.95 Å². The highest BCUT2D eigenvalue weighted by Crippen LogP contribution is 2.42. The van der Waals surface area contributed by atoms with E-state index >= 15 is 0 Å². The van der Waals surface area contributed by atoms with E-state index < -0.39 is 0 Å². The van der Waals surface area contributed by atoms with Crippen molar-refractivity contribution in [3.63, 3.8) is 0 Å². The lowest BCUT2D eigenvalue weighted by Gasteiger charge is -2.40. The maximum atomic E-state index is 5.83. The van der Waals surface area contributed by atoms with E-state index in [2.05, 4.69) is 15.5 Å². The molecular weight excluding hydrogens is 190 g/mol. The van der Waals surface area contributed by atoms with Gasteiger partial charge in [0.15, 0.2) is 0 Å². The Bertz CT molecular complexity index is 334. The van der Waals surface area contributed by atoms with Gasteiger partial charge in [0.05, 0.1) is 0 Å². The second kappa shape index (κ2) is 3.81. The van der Waals surface area contributed by atoms with Crippen LogP contribution in [-0.4, -0.2) is 28.4 Å². The van der Waals surface area contributed by atoms with Gasteiger partial charge in [-0.3, -0.25) is 0 Å².